The maximum absolute atomic E-state index is 10.7. The first kappa shape index (κ1) is 16.4. The zero-order valence-electron chi connectivity index (χ0n) is 13.8. The van der Waals surface area contributed by atoms with Crippen molar-refractivity contribution >= 4 is 0 Å². The summed E-state index contributed by atoms with van der Waals surface area (Å²) in [5, 5.41) is 21.4. The molecule has 0 amide bonds. The summed E-state index contributed by atoms with van der Waals surface area (Å²) in [6, 6.07) is 25.1. The fourth-order valence-corrected chi connectivity index (χ4v) is 2.92. The predicted octanol–water partition coefficient (Wildman–Crippen LogP) is 4.41. The molecule has 122 valence electrons. The average Bonchev–Trinajstić information content (AvgIpc) is 2.67. The van der Waals surface area contributed by atoms with E-state index in [0.29, 0.717) is 0 Å². The molecule has 0 saturated carbocycles. The highest BCUT2D eigenvalue weighted by atomic mass is 16.3. The Labute approximate surface area is 143 Å². The summed E-state index contributed by atoms with van der Waals surface area (Å²) >= 11 is 0. The molecule has 0 aromatic heterocycles. The van der Waals surface area contributed by atoms with Crippen molar-refractivity contribution in [2.75, 3.05) is 0 Å². The molecule has 3 aromatic carbocycles. The molecular weight excluding hydrogens is 296 g/mol. The minimum absolute atomic E-state index is 0.695. The molecule has 0 heterocycles. The lowest BCUT2D eigenvalue weighted by Gasteiger charge is -2.18. The first-order valence-corrected chi connectivity index (χ1v) is 8.29. The maximum atomic E-state index is 10.7. The van der Waals surface area contributed by atoms with Gasteiger partial charge >= 0.3 is 0 Å². The van der Waals surface area contributed by atoms with E-state index in [9.17, 15) is 10.2 Å². The fraction of sp³-hybridized carbons (Fsp3) is 0.182. The highest BCUT2D eigenvalue weighted by Gasteiger charge is 2.16. The van der Waals surface area contributed by atoms with Crippen LogP contribution in [0, 0.1) is 0 Å². The lowest BCUT2D eigenvalue weighted by molar-refractivity contribution is 0.213. The largest absolute Gasteiger partial charge is 0.384 e. The quantitative estimate of drug-likeness (QED) is 0.731. The second kappa shape index (κ2) is 7.43. The van der Waals surface area contributed by atoms with Gasteiger partial charge in [-0.25, -0.2) is 0 Å². The van der Waals surface area contributed by atoms with E-state index in [1.165, 1.54) is 0 Å². The van der Waals surface area contributed by atoms with Crippen molar-refractivity contribution in [3.63, 3.8) is 0 Å². The van der Waals surface area contributed by atoms with Gasteiger partial charge in [0.05, 0.1) is 0 Å². The van der Waals surface area contributed by atoms with Crippen LogP contribution in [0.4, 0.5) is 0 Å². The Morgan fingerprint density at radius 2 is 1.04 bits per heavy atom. The van der Waals surface area contributed by atoms with Crippen molar-refractivity contribution in [1.29, 1.82) is 0 Å². The van der Waals surface area contributed by atoms with Gasteiger partial charge in [-0.3, -0.25) is 0 Å². The zero-order chi connectivity index (χ0) is 16.9. The molecular formula is C22H22O2. The van der Waals surface area contributed by atoms with E-state index in [0.717, 1.165) is 34.2 Å². The third-order valence-corrected chi connectivity index (χ3v) is 4.31. The minimum atomic E-state index is -0.695. The topological polar surface area (TPSA) is 40.5 Å². The van der Waals surface area contributed by atoms with Gasteiger partial charge in [-0.1, -0.05) is 79.7 Å². The van der Waals surface area contributed by atoms with E-state index in [2.05, 4.69) is 6.92 Å². The third kappa shape index (κ3) is 3.56. The molecule has 2 nitrogen and oxygen atoms in total. The Kier molecular flexibility index (Phi) is 5.09. The first-order chi connectivity index (χ1) is 11.7. The molecule has 0 radical (unpaired) electrons. The van der Waals surface area contributed by atoms with E-state index in [1.807, 2.05) is 78.9 Å². The lowest BCUT2D eigenvalue weighted by atomic mass is 9.93. The Hall–Kier alpha value is -2.42. The number of hydrogen-bond acceptors (Lipinski definition) is 2. The fourth-order valence-electron chi connectivity index (χ4n) is 2.92. The summed E-state index contributed by atoms with van der Waals surface area (Å²) in [5.41, 5.74) is 4.43. The van der Waals surface area contributed by atoms with Crippen molar-refractivity contribution in [3.05, 3.63) is 107 Å². The van der Waals surface area contributed by atoms with E-state index in [-0.39, 0.29) is 0 Å². The maximum Gasteiger partial charge on any atom is 0.104 e. The van der Waals surface area contributed by atoms with Crippen LogP contribution >= 0.6 is 0 Å². The van der Waals surface area contributed by atoms with Crippen LogP contribution in [0.25, 0.3) is 0 Å². The first-order valence-electron chi connectivity index (χ1n) is 8.29. The van der Waals surface area contributed by atoms with Gasteiger partial charge in [0.2, 0.25) is 0 Å². The molecule has 0 spiro atoms. The summed E-state index contributed by atoms with van der Waals surface area (Å²) < 4.78 is 0. The van der Waals surface area contributed by atoms with Crippen LogP contribution in [0.3, 0.4) is 0 Å². The molecule has 0 bridgehead atoms. The summed E-state index contributed by atoms with van der Waals surface area (Å²) in [4.78, 5) is 0. The number of aliphatic hydroxyl groups is 2. The monoisotopic (exact) mass is 318 g/mol. The van der Waals surface area contributed by atoms with Gasteiger partial charge in [0.1, 0.15) is 12.2 Å². The molecule has 3 rings (SSSR count). The number of hydrogen-bond donors (Lipinski definition) is 2. The molecule has 0 aliphatic carbocycles. The van der Waals surface area contributed by atoms with Gasteiger partial charge in [0.25, 0.3) is 0 Å². The van der Waals surface area contributed by atoms with Crippen LogP contribution in [0.5, 0.6) is 0 Å². The second-order valence-electron chi connectivity index (χ2n) is 5.99. The van der Waals surface area contributed by atoms with Crippen LogP contribution in [0.2, 0.25) is 0 Å². The molecule has 3 aromatic rings. The molecule has 2 heteroatoms. The summed E-state index contributed by atoms with van der Waals surface area (Å²) in [6.07, 6.45) is -0.539. The molecule has 2 unspecified atom stereocenters. The van der Waals surface area contributed by atoms with Crippen molar-refractivity contribution in [2.24, 2.45) is 0 Å². The second-order valence-corrected chi connectivity index (χ2v) is 5.99. The predicted molar refractivity (Wildman–Crippen MR) is 96.8 cm³/mol. The molecule has 2 N–H and O–H groups in total. The van der Waals surface area contributed by atoms with Gasteiger partial charge < -0.3 is 10.2 Å². The highest BCUT2D eigenvalue weighted by Crippen LogP contribution is 2.29. The van der Waals surface area contributed by atoms with Crippen LogP contribution < -0.4 is 0 Å². The number of aliphatic hydroxyl groups excluding tert-OH is 2. The highest BCUT2D eigenvalue weighted by molar-refractivity contribution is 5.40. The number of rotatable bonds is 5. The van der Waals surface area contributed by atoms with Crippen molar-refractivity contribution in [3.8, 4) is 0 Å². The number of aryl methyl sites for hydroxylation is 1. The zero-order valence-corrected chi connectivity index (χ0v) is 13.8. The molecule has 0 fully saturated rings. The van der Waals surface area contributed by atoms with Gasteiger partial charge in [-0.05, 0) is 40.3 Å². The summed E-state index contributed by atoms with van der Waals surface area (Å²) in [6.45, 7) is 2.08. The summed E-state index contributed by atoms with van der Waals surface area (Å²) in [5.74, 6) is 0. The standard InChI is InChI=1S/C22H22O2/c1-2-16-13-19(21(23)17-9-5-3-6-10-17)15-20(14-16)22(24)18-11-7-4-8-12-18/h3-15,21-24H,2H2,1H3. The van der Waals surface area contributed by atoms with Crippen LogP contribution in [-0.2, 0) is 6.42 Å². The molecule has 0 aliphatic heterocycles. The molecule has 24 heavy (non-hydrogen) atoms. The Morgan fingerprint density at radius 3 is 1.42 bits per heavy atom. The van der Waals surface area contributed by atoms with Crippen molar-refractivity contribution in [2.45, 2.75) is 25.6 Å². The third-order valence-electron chi connectivity index (χ3n) is 4.31. The van der Waals surface area contributed by atoms with Gasteiger partial charge in [-0.2, -0.15) is 0 Å². The minimum Gasteiger partial charge on any atom is -0.384 e. The van der Waals surface area contributed by atoms with Crippen LogP contribution in [-0.4, -0.2) is 10.2 Å². The van der Waals surface area contributed by atoms with Gasteiger partial charge in [0.15, 0.2) is 0 Å². The van der Waals surface area contributed by atoms with Crippen LogP contribution in [0.15, 0.2) is 78.9 Å². The lowest BCUT2D eigenvalue weighted by Crippen LogP contribution is -2.05. The Morgan fingerprint density at radius 1 is 0.625 bits per heavy atom. The van der Waals surface area contributed by atoms with Crippen molar-refractivity contribution in [1.82, 2.24) is 0 Å². The van der Waals surface area contributed by atoms with Gasteiger partial charge in [0, 0.05) is 0 Å². The summed E-state index contributed by atoms with van der Waals surface area (Å²) in [7, 11) is 0. The molecule has 0 saturated heterocycles. The Balaban J connectivity index is 1.99. The van der Waals surface area contributed by atoms with Crippen LogP contribution in [0.1, 0.15) is 46.9 Å². The van der Waals surface area contributed by atoms with E-state index >= 15 is 0 Å². The molecule has 2 atom stereocenters. The number of benzene rings is 3. The Bertz CT molecular complexity index is 718. The van der Waals surface area contributed by atoms with E-state index in [4.69, 9.17) is 0 Å². The average molecular weight is 318 g/mol. The van der Waals surface area contributed by atoms with E-state index < -0.39 is 12.2 Å². The normalized spacial score (nSPS) is 13.5. The molecule has 0 aliphatic rings. The smallest absolute Gasteiger partial charge is 0.104 e. The van der Waals surface area contributed by atoms with Crippen molar-refractivity contribution < 1.29 is 10.2 Å². The SMILES string of the molecule is CCc1cc(C(O)c2ccccc2)cc(C(O)c2ccccc2)c1. The van der Waals surface area contributed by atoms with Gasteiger partial charge in [-0.15, -0.1) is 0 Å². The van der Waals surface area contributed by atoms with E-state index in [1.54, 1.807) is 0 Å².